The predicted octanol–water partition coefficient (Wildman–Crippen LogP) is 3.72. The number of H-pyrrole nitrogens is 1. The van der Waals surface area contributed by atoms with Crippen LogP contribution in [0.1, 0.15) is 32.9 Å². The first-order chi connectivity index (χ1) is 17.3. The summed E-state index contributed by atoms with van der Waals surface area (Å²) in [6.07, 6.45) is 6.25. The zero-order chi connectivity index (χ0) is 25.5. The van der Waals surface area contributed by atoms with Crippen molar-refractivity contribution in [1.82, 2.24) is 35.5 Å². The Hall–Kier alpha value is -4.79. The minimum Gasteiger partial charge on any atom is -0.491 e. The van der Waals surface area contributed by atoms with Crippen molar-refractivity contribution in [3.8, 4) is 23.1 Å². The summed E-state index contributed by atoms with van der Waals surface area (Å²) in [6.45, 7) is 6.17. The molecule has 0 bridgehead atoms. The molecule has 0 unspecified atom stereocenters. The Bertz CT molecular complexity index is 1390. The highest BCUT2D eigenvalue weighted by Gasteiger charge is 2.17. The fraction of sp³-hybridized carbons (Fsp3) is 0.292. The molecule has 0 aliphatic rings. The van der Waals surface area contributed by atoms with E-state index in [1.165, 1.54) is 12.4 Å². The maximum Gasteiger partial charge on any atom is 0.407 e. The number of fused-ring (bicyclic) bond motifs is 1. The van der Waals surface area contributed by atoms with Gasteiger partial charge in [-0.3, -0.25) is 15.1 Å². The second-order valence-corrected chi connectivity index (χ2v) is 8.69. The van der Waals surface area contributed by atoms with Gasteiger partial charge in [-0.05, 0) is 39.3 Å². The molecule has 0 saturated carbocycles. The lowest BCUT2D eigenvalue weighted by molar-refractivity contribution is 0.0525. The summed E-state index contributed by atoms with van der Waals surface area (Å²) in [5.74, 6) is 1.46. The highest BCUT2D eigenvalue weighted by Crippen LogP contribution is 2.35. The Morgan fingerprint density at radius 2 is 2.00 bits per heavy atom. The number of aromatic nitrogens is 6. The number of nitrogens with one attached hydrogen (secondary N) is 3. The summed E-state index contributed by atoms with van der Waals surface area (Å²) < 4.78 is 11.3. The molecule has 12 nitrogen and oxygen atoms in total. The van der Waals surface area contributed by atoms with Gasteiger partial charge < -0.3 is 20.1 Å². The van der Waals surface area contributed by atoms with Gasteiger partial charge in [0.15, 0.2) is 11.5 Å². The number of ether oxygens (including phenoxy) is 2. The minimum atomic E-state index is -0.552. The number of pyridine rings is 2. The fourth-order valence-electron chi connectivity index (χ4n) is 3.23. The van der Waals surface area contributed by atoms with Crippen LogP contribution in [0, 0.1) is 11.3 Å². The van der Waals surface area contributed by atoms with E-state index in [9.17, 15) is 4.79 Å². The number of hydrogen-bond donors (Lipinski definition) is 3. The first-order valence-electron chi connectivity index (χ1n) is 11.2. The Kier molecular flexibility index (Phi) is 7.20. The van der Waals surface area contributed by atoms with Crippen LogP contribution in [-0.4, -0.2) is 55.0 Å². The lowest BCUT2D eigenvalue weighted by Gasteiger charge is -2.19. The molecular weight excluding hydrogens is 462 g/mol. The lowest BCUT2D eigenvalue weighted by atomic mass is 10.1. The molecule has 0 aromatic carbocycles. The number of anilines is 2. The van der Waals surface area contributed by atoms with E-state index in [1.54, 1.807) is 18.5 Å². The van der Waals surface area contributed by atoms with Crippen molar-refractivity contribution in [2.24, 2.45) is 0 Å². The van der Waals surface area contributed by atoms with Crippen molar-refractivity contribution in [3.63, 3.8) is 0 Å². The lowest BCUT2D eigenvalue weighted by Crippen LogP contribution is -2.33. The van der Waals surface area contributed by atoms with Crippen LogP contribution in [-0.2, 0) is 4.74 Å². The molecule has 4 aromatic rings. The quantitative estimate of drug-likeness (QED) is 0.312. The van der Waals surface area contributed by atoms with Crippen molar-refractivity contribution in [1.29, 1.82) is 5.26 Å². The Morgan fingerprint density at radius 3 is 2.75 bits per heavy atom. The summed E-state index contributed by atoms with van der Waals surface area (Å²) in [5, 5.41) is 21.9. The first-order valence-corrected chi connectivity index (χ1v) is 11.2. The summed E-state index contributed by atoms with van der Waals surface area (Å²) in [7, 11) is 0. The van der Waals surface area contributed by atoms with Gasteiger partial charge >= 0.3 is 6.09 Å². The van der Waals surface area contributed by atoms with Crippen LogP contribution in [0.3, 0.4) is 0 Å². The van der Waals surface area contributed by atoms with Crippen molar-refractivity contribution >= 4 is 28.8 Å². The smallest absolute Gasteiger partial charge is 0.407 e. The van der Waals surface area contributed by atoms with E-state index in [1.807, 2.05) is 39.0 Å². The molecule has 1 amide bonds. The SMILES string of the molecule is CC(C)(C)OC(=O)NCCCOc1cnc2cccnc2c1-c1cc(Nc2cnc(C#N)cn2)n[nH]1. The van der Waals surface area contributed by atoms with Crippen LogP contribution in [0.15, 0.2) is 43.0 Å². The Labute approximate surface area is 207 Å². The van der Waals surface area contributed by atoms with Gasteiger partial charge in [0.25, 0.3) is 0 Å². The van der Waals surface area contributed by atoms with Gasteiger partial charge in [0.05, 0.1) is 42.0 Å². The molecule has 4 rings (SSSR count). The van der Waals surface area contributed by atoms with E-state index in [0.717, 1.165) is 0 Å². The number of nitriles is 1. The van der Waals surface area contributed by atoms with Crippen LogP contribution in [0.5, 0.6) is 5.75 Å². The zero-order valence-corrected chi connectivity index (χ0v) is 20.1. The molecule has 0 radical (unpaired) electrons. The van der Waals surface area contributed by atoms with Crippen LogP contribution >= 0.6 is 0 Å². The van der Waals surface area contributed by atoms with Crippen LogP contribution < -0.4 is 15.4 Å². The van der Waals surface area contributed by atoms with Crippen molar-refractivity contribution in [2.45, 2.75) is 32.8 Å². The highest BCUT2D eigenvalue weighted by atomic mass is 16.6. The van der Waals surface area contributed by atoms with Gasteiger partial charge in [-0.15, -0.1) is 0 Å². The molecule has 3 N–H and O–H groups in total. The number of carbonyl (C=O) groups excluding carboxylic acids is 1. The van der Waals surface area contributed by atoms with Crippen LogP contribution in [0.2, 0.25) is 0 Å². The van der Waals surface area contributed by atoms with Gasteiger partial charge in [-0.25, -0.2) is 14.8 Å². The highest BCUT2D eigenvalue weighted by molar-refractivity contribution is 5.93. The third-order valence-electron chi connectivity index (χ3n) is 4.71. The van der Waals surface area contributed by atoms with E-state index in [4.69, 9.17) is 14.7 Å². The Balaban J connectivity index is 1.48. The average molecular weight is 488 g/mol. The summed E-state index contributed by atoms with van der Waals surface area (Å²) in [4.78, 5) is 28.9. The third-order valence-corrected chi connectivity index (χ3v) is 4.71. The van der Waals surface area contributed by atoms with E-state index < -0.39 is 11.7 Å². The van der Waals surface area contributed by atoms with Crippen molar-refractivity contribution in [3.05, 3.63) is 48.7 Å². The molecule has 0 aliphatic heterocycles. The van der Waals surface area contributed by atoms with Gasteiger partial charge in [0.2, 0.25) is 0 Å². The summed E-state index contributed by atoms with van der Waals surface area (Å²) in [6, 6.07) is 7.40. The minimum absolute atomic E-state index is 0.223. The van der Waals surface area contributed by atoms with Gasteiger partial charge in [0.1, 0.15) is 28.8 Å². The molecule has 184 valence electrons. The monoisotopic (exact) mass is 487 g/mol. The number of rotatable bonds is 8. The topological polar surface area (TPSA) is 164 Å². The molecule has 4 aromatic heterocycles. The predicted molar refractivity (Wildman–Crippen MR) is 131 cm³/mol. The second-order valence-electron chi connectivity index (χ2n) is 8.69. The maximum atomic E-state index is 11.8. The molecule has 0 atom stereocenters. The fourth-order valence-corrected chi connectivity index (χ4v) is 3.23. The third kappa shape index (κ3) is 6.20. The van der Waals surface area contributed by atoms with Crippen molar-refractivity contribution in [2.75, 3.05) is 18.5 Å². The number of aromatic amines is 1. The number of amides is 1. The molecule has 0 spiro atoms. The normalized spacial score (nSPS) is 11.1. The van der Waals surface area contributed by atoms with Gasteiger partial charge in [0, 0.05) is 18.8 Å². The molecular formula is C24H25N9O3. The van der Waals surface area contributed by atoms with Crippen LogP contribution in [0.4, 0.5) is 16.4 Å². The number of carbonyl (C=O) groups is 1. The van der Waals surface area contributed by atoms with E-state index in [-0.39, 0.29) is 5.69 Å². The van der Waals surface area contributed by atoms with E-state index >= 15 is 0 Å². The summed E-state index contributed by atoms with van der Waals surface area (Å²) >= 11 is 0. The first kappa shape index (κ1) is 24.3. The van der Waals surface area contributed by atoms with E-state index in [2.05, 4.69) is 40.8 Å². The van der Waals surface area contributed by atoms with E-state index in [0.29, 0.717) is 59.2 Å². The second kappa shape index (κ2) is 10.6. The molecule has 12 heteroatoms. The van der Waals surface area contributed by atoms with Gasteiger partial charge in [-0.2, -0.15) is 10.4 Å². The zero-order valence-electron chi connectivity index (χ0n) is 20.1. The molecule has 0 fully saturated rings. The molecule has 36 heavy (non-hydrogen) atoms. The standard InChI is InChI=1S/C24H25N9O3/c1-24(2,3)36-23(34)27-8-5-9-35-18-13-29-16-6-4-7-26-22(16)21(18)17-10-19(33-32-17)31-20-14-28-15(11-25)12-30-20/h4,6-7,10,12-14H,5,8-9H2,1-3H3,(H,27,34)(H2,30,31,32,33). The maximum absolute atomic E-state index is 11.8. The Morgan fingerprint density at radius 1 is 1.14 bits per heavy atom. The molecule has 0 aliphatic carbocycles. The molecule has 4 heterocycles. The van der Waals surface area contributed by atoms with Crippen molar-refractivity contribution < 1.29 is 14.3 Å². The number of hydrogen-bond acceptors (Lipinski definition) is 10. The average Bonchev–Trinajstić information content (AvgIpc) is 3.30. The largest absolute Gasteiger partial charge is 0.491 e. The summed E-state index contributed by atoms with van der Waals surface area (Å²) in [5.41, 5.74) is 2.38. The number of alkyl carbamates (subject to hydrolysis) is 1. The number of nitrogens with zero attached hydrogens (tertiary/aromatic N) is 6. The van der Waals surface area contributed by atoms with Crippen LogP contribution in [0.25, 0.3) is 22.3 Å². The van der Waals surface area contributed by atoms with Gasteiger partial charge in [-0.1, -0.05) is 0 Å². The molecule has 0 saturated heterocycles.